The molecular weight excluding hydrogens is 306 g/mol. The monoisotopic (exact) mass is 335 g/mol. The molecule has 5 heteroatoms. The number of hydrogen-bond donors (Lipinski definition) is 3. The molecule has 0 amide bonds. The lowest BCUT2D eigenvalue weighted by Crippen LogP contribution is -2.50. The molecule has 0 saturated carbocycles. The van der Waals surface area contributed by atoms with Crippen molar-refractivity contribution >= 4 is 5.97 Å². The molecule has 1 fully saturated rings. The van der Waals surface area contributed by atoms with E-state index >= 15 is 0 Å². The van der Waals surface area contributed by atoms with Crippen LogP contribution in [0.15, 0.2) is 24.3 Å². The topological polar surface area (TPSA) is 81.0 Å². The molecule has 1 aromatic carbocycles. The summed E-state index contributed by atoms with van der Waals surface area (Å²) in [7, 11) is 0. The molecule has 134 valence electrons. The molecule has 3 N–H and O–H groups in total. The number of likely N-dealkylation sites (tertiary alicyclic amines) is 1. The van der Waals surface area contributed by atoms with E-state index in [0.29, 0.717) is 37.9 Å². The first kappa shape index (κ1) is 18.9. The van der Waals surface area contributed by atoms with Crippen LogP contribution in [0.5, 0.6) is 0 Å². The van der Waals surface area contributed by atoms with Gasteiger partial charge in [0.2, 0.25) is 0 Å². The van der Waals surface area contributed by atoms with Gasteiger partial charge in [0.25, 0.3) is 0 Å². The van der Waals surface area contributed by atoms with Gasteiger partial charge in [-0.3, -0.25) is 9.69 Å². The number of carboxylic acid groups (broad SMARTS) is 1. The van der Waals surface area contributed by atoms with Crippen molar-refractivity contribution in [3.05, 3.63) is 35.4 Å². The fourth-order valence-corrected chi connectivity index (χ4v) is 3.35. The number of aliphatic carboxylic acids is 1. The SMILES string of the molecule is CCCC(O)(c1ccc(C(C)(C)C(=O)O)cc1)N1CCC(O)CC1. The summed E-state index contributed by atoms with van der Waals surface area (Å²) in [5, 5.41) is 30.4. The van der Waals surface area contributed by atoms with Gasteiger partial charge in [0, 0.05) is 13.1 Å². The Morgan fingerprint density at radius 3 is 2.12 bits per heavy atom. The van der Waals surface area contributed by atoms with E-state index in [1.807, 2.05) is 24.0 Å². The van der Waals surface area contributed by atoms with Crippen molar-refractivity contribution in [2.75, 3.05) is 13.1 Å². The van der Waals surface area contributed by atoms with Crippen molar-refractivity contribution in [1.29, 1.82) is 0 Å². The number of carboxylic acids is 1. The number of aliphatic hydroxyl groups is 2. The third-order valence-corrected chi connectivity index (χ3v) is 5.19. The van der Waals surface area contributed by atoms with Crippen LogP contribution in [-0.2, 0) is 15.9 Å². The number of piperidine rings is 1. The van der Waals surface area contributed by atoms with Crippen LogP contribution in [0.3, 0.4) is 0 Å². The fourth-order valence-electron chi connectivity index (χ4n) is 3.35. The molecule has 0 radical (unpaired) electrons. The molecule has 0 aromatic heterocycles. The van der Waals surface area contributed by atoms with Crippen LogP contribution < -0.4 is 0 Å². The van der Waals surface area contributed by atoms with Gasteiger partial charge in [0.15, 0.2) is 0 Å². The van der Waals surface area contributed by atoms with Crippen molar-refractivity contribution in [2.45, 2.75) is 63.7 Å². The van der Waals surface area contributed by atoms with Crippen molar-refractivity contribution in [2.24, 2.45) is 0 Å². The molecule has 1 unspecified atom stereocenters. The van der Waals surface area contributed by atoms with Crippen LogP contribution in [0.2, 0.25) is 0 Å². The van der Waals surface area contributed by atoms with E-state index in [0.717, 1.165) is 12.0 Å². The summed E-state index contributed by atoms with van der Waals surface area (Å²) in [5.41, 5.74) is -0.533. The summed E-state index contributed by atoms with van der Waals surface area (Å²) in [6.07, 6.45) is 2.47. The van der Waals surface area contributed by atoms with Crippen LogP contribution in [0, 0.1) is 0 Å². The zero-order chi connectivity index (χ0) is 18.0. The Bertz CT molecular complexity index is 561. The number of hydrogen-bond acceptors (Lipinski definition) is 4. The van der Waals surface area contributed by atoms with Crippen LogP contribution in [0.4, 0.5) is 0 Å². The molecule has 1 atom stereocenters. The van der Waals surface area contributed by atoms with Crippen molar-refractivity contribution in [3.63, 3.8) is 0 Å². The first-order valence-corrected chi connectivity index (χ1v) is 8.71. The highest BCUT2D eigenvalue weighted by atomic mass is 16.4. The lowest BCUT2D eigenvalue weighted by molar-refractivity contribution is -0.142. The molecule has 2 rings (SSSR count). The molecule has 1 aromatic rings. The second-order valence-electron chi connectivity index (χ2n) is 7.29. The molecule has 0 bridgehead atoms. The second-order valence-corrected chi connectivity index (χ2v) is 7.29. The highest BCUT2D eigenvalue weighted by molar-refractivity contribution is 5.80. The third kappa shape index (κ3) is 3.63. The summed E-state index contributed by atoms with van der Waals surface area (Å²) >= 11 is 0. The Kier molecular flexibility index (Phi) is 5.68. The van der Waals surface area contributed by atoms with Crippen LogP contribution in [0.1, 0.15) is 57.6 Å². The number of rotatable bonds is 6. The molecule has 0 aliphatic carbocycles. The molecule has 1 aliphatic rings. The number of carbonyl (C=O) groups is 1. The minimum absolute atomic E-state index is 0.286. The largest absolute Gasteiger partial charge is 0.481 e. The highest BCUT2D eigenvalue weighted by Crippen LogP contribution is 2.34. The van der Waals surface area contributed by atoms with E-state index < -0.39 is 17.1 Å². The van der Waals surface area contributed by atoms with Gasteiger partial charge in [-0.2, -0.15) is 0 Å². The van der Waals surface area contributed by atoms with Crippen molar-refractivity contribution in [1.82, 2.24) is 4.90 Å². The van der Waals surface area contributed by atoms with Gasteiger partial charge < -0.3 is 15.3 Å². The smallest absolute Gasteiger partial charge is 0.313 e. The van der Waals surface area contributed by atoms with Crippen LogP contribution in [0.25, 0.3) is 0 Å². The van der Waals surface area contributed by atoms with Crippen LogP contribution in [-0.4, -0.2) is 45.4 Å². The van der Waals surface area contributed by atoms with E-state index in [1.165, 1.54) is 0 Å². The Morgan fingerprint density at radius 2 is 1.67 bits per heavy atom. The van der Waals surface area contributed by atoms with Gasteiger partial charge in [-0.25, -0.2) is 0 Å². The first-order valence-electron chi connectivity index (χ1n) is 8.71. The van der Waals surface area contributed by atoms with E-state index in [1.54, 1.807) is 26.0 Å². The Morgan fingerprint density at radius 1 is 1.17 bits per heavy atom. The summed E-state index contributed by atoms with van der Waals surface area (Å²) < 4.78 is 0. The normalized spacial score (nSPS) is 19.9. The predicted octanol–water partition coefficient (Wildman–Crippen LogP) is 2.45. The zero-order valence-corrected chi connectivity index (χ0v) is 14.8. The highest BCUT2D eigenvalue weighted by Gasteiger charge is 2.38. The lowest BCUT2D eigenvalue weighted by atomic mass is 9.83. The van der Waals surface area contributed by atoms with E-state index in [9.17, 15) is 20.1 Å². The molecule has 1 aliphatic heterocycles. The van der Waals surface area contributed by atoms with Crippen molar-refractivity contribution < 1.29 is 20.1 Å². The average Bonchev–Trinajstić information content (AvgIpc) is 2.55. The summed E-state index contributed by atoms with van der Waals surface area (Å²) in [6, 6.07) is 7.26. The summed E-state index contributed by atoms with van der Waals surface area (Å²) in [4.78, 5) is 13.4. The number of benzene rings is 1. The molecule has 24 heavy (non-hydrogen) atoms. The van der Waals surface area contributed by atoms with Gasteiger partial charge in [0.1, 0.15) is 5.72 Å². The molecule has 1 saturated heterocycles. The summed E-state index contributed by atoms with van der Waals surface area (Å²) in [5.74, 6) is -0.871. The standard InChI is InChI=1S/C19H29NO4/c1-4-11-19(24,20-12-9-16(21)10-13-20)15-7-5-14(6-8-15)18(2,3)17(22)23/h5-8,16,21,24H,4,9-13H2,1-3H3,(H,22,23). The van der Waals surface area contributed by atoms with E-state index in [-0.39, 0.29) is 6.10 Å². The molecule has 0 spiro atoms. The molecule has 1 heterocycles. The summed E-state index contributed by atoms with van der Waals surface area (Å²) in [6.45, 7) is 6.69. The van der Waals surface area contributed by atoms with Gasteiger partial charge in [-0.15, -0.1) is 0 Å². The lowest BCUT2D eigenvalue weighted by Gasteiger charge is -2.43. The first-order chi connectivity index (χ1) is 11.2. The predicted molar refractivity (Wildman–Crippen MR) is 92.7 cm³/mol. The molecular formula is C19H29NO4. The maximum absolute atomic E-state index is 11.4. The van der Waals surface area contributed by atoms with Crippen LogP contribution >= 0.6 is 0 Å². The number of aliphatic hydroxyl groups excluding tert-OH is 1. The van der Waals surface area contributed by atoms with Gasteiger partial charge >= 0.3 is 5.97 Å². The number of nitrogens with zero attached hydrogens (tertiary/aromatic N) is 1. The van der Waals surface area contributed by atoms with E-state index in [2.05, 4.69) is 0 Å². The Balaban J connectivity index is 2.29. The van der Waals surface area contributed by atoms with Crippen molar-refractivity contribution in [3.8, 4) is 0 Å². The van der Waals surface area contributed by atoms with E-state index in [4.69, 9.17) is 0 Å². The van der Waals surface area contributed by atoms with Gasteiger partial charge in [0.05, 0.1) is 11.5 Å². The van der Waals surface area contributed by atoms with Gasteiger partial charge in [-0.1, -0.05) is 37.6 Å². The quantitative estimate of drug-likeness (QED) is 0.744. The minimum atomic E-state index is -1.07. The Labute approximate surface area is 143 Å². The molecule has 5 nitrogen and oxygen atoms in total. The van der Waals surface area contributed by atoms with Gasteiger partial charge in [-0.05, 0) is 44.2 Å². The fraction of sp³-hybridized carbons (Fsp3) is 0.632. The maximum Gasteiger partial charge on any atom is 0.313 e. The maximum atomic E-state index is 11.4. The zero-order valence-electron chi connectivity index (χ0n) is 14.8. The Hall–Kier alpha value is -1.43. The second kappa shape index (κ2) is 7.21. The third-order valence-electron chi connectivity index (χ3n) is 5.19. The average molecular weight is 335 g/mol. The minimum Gasteiger partial charge on any atom is -0.481 e.